The van der Waals surface area contributed by atoms with Gasteiger partial charge in [0, 0.05) is 6.42 Å². The third kappa shape index (κ3) is 11.5. The van der Waals surface area contributed by atoms with Gasteiger partial charge in [-0.05, 0) is 37.0 Å². The highest BCUT2D eigenvalue weighted by molar-refractivity contribution is 5.98. The van der Waals surface area contributed by atoms with E-state index in [2.05, 4.69) is 13.8 Å². The van der Waals surface area contributed by atoms with Crippen LogP contribution in [-0.2, 0) is 6.42 Å². The lowest BCUT2D eigenvalue weighted by atomic mass is 9.98. The first-order chi connectivity index (χ1) is 13.7. The van der Waals surface area contributed by atoms with Crippen LogP contribution in [0.25, 0.3) is 0 Å². The van der Waals surface area contributed by atoms with Crippen LogP contribution in [0, 0.1) is 0 Å². The number of Topliss-reactive ketones (excluding diaryl/α,β-unsaturated/α-hetero) is 1. The van der Waals surface area contributed by atoms with E-state index in [-0.39, 0.29) is 11.5 Å². The van der Waals surface area contributed by atoms with Crippen LogP contribution < -0.4 is 0 Å². The number of aromatic hydroxyl groups is 1. The van der Waals surface area contributed by atoms with E-state index >= 15 is 0 Å². The van der Waals surface area contributed by atoms with Crippen molar-refractivity contribution in [2.75, 3.05) is 0 Å². The molecule has 0 amide bonds. The largest absolute Gasteiger partial charge is 0.507 e. The van der Waals surface area contributed by atoms with E-state index < -0.39 is 0 Å². The zero-order chi connectivity index (χ0) is 20.5. The van der Waals surface area contributed by atoms with Crippen molar-refractivity contribution >= 4 is 5.78 Å². The van der Waals surface area contributed by atoms with Crippen molar-refractivity contribution < 1.29 is 9.90 Å². The maximum Gasteiger partial charge on any atom is 0.166 e. The van der Waals surface area contributed by atoms with E-state index in [0.29, 0.717) is 12.0 Å². The first-order valence-corrected chi connectivity index (χ1v) is 12.0. The van der Waals surface area contributed by atoms with Crippen LogP contribution in [0.3, 0.4) is 0 Å². The molecule has 0 atom stereocenters. The smallest absolute Gasteiger partial charge is 0.166 e. The van der Waals surface area contributed by atoms with Crippen LogP contribution in [0.4, 0.5) is 0 Å². The van der Waals surface area contributed by atoms with Crippen molar-refractivity contribution in [2.45, 2.75) is 123 Å². The normalized spacial score (nSPS) is 11.1. The lowest BCUT2D eigenvalue weighted by Crippen LogP contribution is -2.01. The molecule has 0 aliphatic heterocycles. The Morgan fingerprint density at radius 2 is 1.21 bits per heavy atom. The fourth-order valence-electron chi connectivity index (χ4n) is 3.80. The summed E-state index contributed by atoms with van der Waals surface area (Å²) in [5.74, 6) is 0.224. The van der Waals surface area contributed by atoms with Gasteiger partial charge in [0.1, 0.15) is 5.75 Å². The number of carbonyl (C=O) groups excluding carboxylic acids is 1. The Morgan fingerprint density at radius 1 is 0.714 bits per heavy atom. The van der Waals surface area contributed by atoms with Gasteiger partial charge in [-0.2, -0.15) is 0 Å². The lowest BCUT2D eigenvalue weighted by Gasteiger charge is -2.08. The van der Waals surface area contributed by atoms with E-state index in [1.807, 2.05) is 12.1 Å². The second kappa shape index (κ2) is 16.6. The molecule has 1 aromatic carbocycles. The molecule has 0 aliphatic rings. The molecular formula is C26H44O2. The Kier molecular flexibility index (Phi) is 14.7. The molecule has 0 saturated carbocycles. The molecule has 1 aromatic rings. The Hall–Kier alpha value is -1.31. The second-order valence-corrected chi connectivity index (χ2v) is 8.37. The van der Waals surface area contributed by atoms with E-state index in [1.165, 1.54) is 82.6 Å². The van der Waals surface area contributed by atoms with E-state index in [4.69, 9.17) is 0 Å². The lowest BCUT2D eigenvalue weighted by molar-refractivity contribution is 0.0976. The van der Waals surface area contributed by atoms with Gasteiger partial charge < -0.3 is 5.11 Å². The molecule has 160 valence electrons. The summed E-state index contributed by atoms with van der Waals surface area (Å²) in [6, 6.07) is 5.59. The minimum absolute atomic E-state index is 0.0856. The fourth-order valence-corrected chi connectivity index (χ4v) is 3.80. The van der Waals surface area contributed by atoms with Crippen LogP contribution in [0.2, 0.25) is 0 Å². The SMILES string of the molecule is CCCCCCCCCCCCCCc1ccc(O)c(C(=O)CCCCC)c1. The van der Waals surface area contributed by atoms with Gasteiger partial charge >= 0.3 is 0 Å². The van der Waals surface area contributed by atoms with Crippen molar-refractivity contribution in [1.82, 2.24) is 0 Å². The monoisotopic (exact) mass is 388 g/mol. The predicted octanol–water partition coefficient (Wildman–Crippen LogP) is 8.40. The molecule has 1 rings (SSSR count). The van der Waals surface area contributed by atoms with Crippen LogP contribution >= 0.6 is 0 Å². The number of hydrogen-bond donors (Lipinski definition) is 1. The van der Waals surface area contributed by atoms with E-state index in [1.54, 1.807) is 6.07 Å². The van der Waals surface area contributed by atoms with Gasteiger partial charge in [0.25, 0.3) is 0 Å². The summed E-state index contributed by atoms with van der Waals surface area (Å²) in [4.78, 5) is 12.3. The summed E-state index contributed by atoms with van der Waals surface area (Å²) < 4.78 is 0. The molecule has 2 nitrogen and oxygen atoms in total. The summed E-state index contributed by atoms with van der Waals surface area (Å²) in [6.45, 7) is 4.41. The molecule has 0 heterocycles. The van der Waals surface area contributed by atoms with Crippen LogP contribution in [0.15, 0.2) is 18.2 Å². The molecule has 0 fully saturated rings. The van der Waals surface area contributed by atoms with Gasteiger partial charge in [0.15, 0.2) is 5.78 Å². The maximum atomic E-state index is 12.3. The molecule has 1 N–H and O–H groups in total. The summed E-state index contributed by atoms with van der Waals surface area (Å²) in [7, 11) is 0. The van der Waals surface area contributed by atoms with Crippen LogP contribution in [0.5, 0.6) is 5.75 Å². The average molecular weight is 389 g/mol. The number of phenols is 1. The summed E-state index contributed by atoms with van der Waals surface area (Å²) >= 11 is 0. The Morgan fingerprint density at radius 3 is 1.79 bits per heavy atom. The molecule has 2 heteroatoms. The molecule has 0 bridgehead atoms. The minimum Gasteiger partial charge on any atom is -0.507 e. The topological polar surface area (TPSA) is 37.3 Å². The van der Waals surface area contributed by atoms with E-state index in [9.17, 15) is 9.90 Å². The summed E-state index contributed by atoms with van der Waals surface area (Å²) in [5, 5.41) is 10.0. The Balaban J connectivity index is 2.13. The standard InChI is InChI=1S/C26H44O2/c1-3-5-7-8-9-10-11-12-13-14-15-17-18-23-20-21-26(28)24(22-23)25(27)19-16-6-4-2/h20-22,28H,3-19H2,1-2H3. The number of unbranched alkanes of at least 4 members (excludes halogenated alkanes) is 13. The van der Waals surface area contributed by atoms with Crippen molar-refractivity contribution in [3.05, 3.63) is 29.3 Å². The first kappa shape index (κ1) is 24.7. The highest BCUT2D eigenvalue weighted by atomic mass is 16.3. The summed E-state index contributed by atoms with van der Waals surface area (Å²) in [6.07, 6.45) is 20.9. The van der Waals surface area contributed by atoms with Crippen molar-refractivity contribution in [3.8, 4) is 5.75 Å². The molecule has 0 unspecified atom stereocenters. The van der Waals surface area contributed by atoms with Crippen molar-refractivity contribution in [3.63, 3.8) is 0 Å². The summed E-state index contributed by atoms with van der Waals surface area (Å²) in [5.41, 5.74) is 1.70. The second-order valence-electron chi connectivity index (χ2n) is 8.37. The fraction of sp³-hybridized carbons (Fsp3) is 0.731. The van der Waals surface area contributed by atoms with Crippen molar-refractivity contribution in [1.29, 1.82) is 0 Å². The number of hydrogen-bond acceptors (Lipinski definition) is 2. The molecular weight excluding hydrogens is 344 g/mol. The number of phenolic OH excluding ortho intramolecular Hbond substituents is 1. The highest BCUT2D eigenvalue weighted by Crippen LogP contribution is 2.22. The molecule has 0 saturated heterocycles. The van der Waals surface area contributed by atoms with Gasteiger partial charge in [-0.25, -0.2) is 0 Å². The predicted molar refractivity (Wildman–Crippen MR) is 121 cm³/mol. The number of rotatable bonds is 18. The van der Waals surface area contributed by atoms with Gasteiger partial charge in [-0.15, -0.1) is 0 Å². The third-order valence-electron chi connectivity index (χ3n) is 5.69. The first-order valence-electron chi connectivity index (χ1n) is 12.0. The maximum absolute atomic E-state index is 12.3. The average Bonchev–Trinajstić information content (AvgIpc) is 2.70. The quantitative estimate of drug-likeness (QED) is 0.202. The van der Waals surface area contributed by atoms with Crippen molar-refractivity contribution in [2.24, 2.45) is 0 Å². The zero-order valence-electron chi connectivity index (χ0n) is 18.6. The zero-order valence-corrected chi connectivity index (χ0v) is 18.6. The highest BCUT2D eigenvalue weighted by Gasteiger charge is 2.11. The molecule has 0 aromatic heterocycles. The molecule has 28 heavy (non-hydrogen) atoms. The van der Waals surface area contributed by atoms with Gasteiger partial charge in [-0.3, -0.25) is 4.79 Å². The minimum atomic E-state index is 0.0856. The molecule has 0 radical (unpaired) electrons. The Bertz CT molecular complexity index is 521. The molecule has 0 spiro atoms. The van der Waals surface area contributed by atoms with Crippen LogP contribution in [-0.4, -0.2) is 10.9 Å². The third-order valence-corrected chi connectivity index (χ3v) is 5.69. The Labute approximate surface area is 174 Å². The van der Waals surface area contributed by atoms with Gasteiger partial charge in [-0.1, -0.05) is 103 Å². The van der Waals surface area contributed by atoms with E-state index in [0.717, 1.165) is 25.7 Å². The van der Waals surface area contributed by atoms with Gasteiger partial charge in [0.2, 0.25) is 0 Å². The van der Waals surface area contributed by atoms with Crippen LogP contribution in [0.1, 0.15) is 133 Å². The molecule has 0 aliphatic carbocycles. The van der Waals surface area contributed by atoms with Gasteiger partial charge in [0.05, 0.1) is 5.56 Å². The number of carbonyl (C=O) groups is 1. The number of ketones is 1. The number of benzene rings is 1. The number of aryl methyl sites for hydroxylation is 1.